The van der Waals surface area contributed by atoms with Crippen molar-refractivity contribution in [3.05, 3.63) is 46.0 Å². The van der Waals surface area contributed by atoms with Gasteiger partial charge in [-0.05, 0) is 29.7 Å². The molecule has 1 aliphatic rings. The number of benzene rings is 1. The largest absolute Gasteiger partial charge is 0.320 e. The van der Waals surface area contributed by atoms with Crippen LogP contribution in [0.15, 0.2) is 34.9 Å². The average molecular weight is 343 g/mol. The molecule has 0 bridgehead atoms. The summed E-state index contributed by atoms with van der Waals surface area (Å²) in [6.45, 7) is 4.32. The van der Waals surface area contributed by atoms with E-state index in [2.05, 4.69) is 49.5 Å². The maximum atomic E-state index is 12.1. The molecule has 0 radical (unpaired) electrons. The Hall–Kier alpha value is -1.73. The lowest BCUT2D eigenvalue weighted by Gasteiger charge is -2.25. The number of thioether (sulfide) groups is 1. The maximum absolute atomic E-state index is 12.1. The minimum atomic E-state index is -0.118. The number of hydrogen-bond acceptors (Lipinski definition) is 3. The van der Waals surface area contributed by atoms with E-state index in [4.69, 9.17) is 0 Å². The van der Waals surface area contributed by atoms with Crippen molar-refractivity contribution in [1.29, 1.82) is 5.26 Å². The Morgan fingerprint density at radius 1 is 1.21 bits per heavy atom. The highest BCUT2D eigenvalue weighted by molar-refractivity contribution is 8.03. The number of hydrogen-bond donors (Lipinski definition) is 1. The number of nitrogens with zero attached hydrogens (tertiary/aromatic N) is 1. The molecular formula is C20H26N2OS. The first-order valence-corrected chi connectivity index (χ1v) is 9.83. The maximum Gasteiger partial charge on any atom is 0.225 e. The topological polar surface area (TPSA) is 52.9 Å². The van der Waals surface area contributed by atoms with Crippen molar-refractivity contribution in [3.63, 3.8) is 0 Å². The van der Waals surface area contributed by atoms with E-state index < -0.39 is 0 Å². The fourth-order valence-electron chi connectivity index (χ4n) is 2.91. The highest BCUT2D eigenvalue weighted by Gasteiger charge is 2.29. The molecule has 0 aliphatic carbocycles. The lowest BCUT2D eigenvalue weighted by molar-refractivity contribution is -0.120. The van der Waals surface area contributed by atoms with Crippen molar-refractivity contribution in [2.75, 3.05) is 5.75 Å². The Bertz CT molecular complexity index is 628. The molecule has 24 heavy (non-hydrogen) atoms. The second-order valence-corrected chi connectivity index (χ2v) is 7.27. The number of allylic oxidation sites excluding steroid dienone is 1. The van der Waals surface area contributed by atoms with Crippen LogP contribution in [-0.2, 0) is 11.2 Å². The summed E-state index contributed by atoms with van der Waals surface area (Å²) in [6, 6.07) is 10.6. The lowest BCUT2D eigenvalue weighted by Crippen LogP contribution is -2.30. The van der Waals surface area contributed by atoms with Gasteiger partial charge in [0.1, 0.15) is 0 Å². The zero-order chi connectivity index (χ0) is 17.4. The summed E-state index contributed by atoms with van der Waals surface area (Å²) in [5.74, 6) is 0.838. The molecule has 4 heteroatoms. The standard InChI is InChI=1S/C20H26N2OS/c1-3-5-6-7-12-24-20-18(14-21)17(13-19(23)22-20)16-10-8-15(4-2)9-11-16/h8-11,17H,3-7,12-13H2,1-2H3,(H,22,23)/t17-/m0/s1. The van der Waals surface area contributed by atoms with Crippen LogP contribution >= 0.6 is 11.8 Å². The van der Waals surface area contributed by atoms with Crippen LogP contribution in [0.1, 0.15) is 63.0 Å². The molecule has 0 aromatic heterocycles. The fourth-order valence-corrected chi connectivity index (χ4v) is 3.99. The molecule has 1 aromatic carbocycles. The molecule has 3 nitrogen and oxygen atoms in total. The molecule has 0 spiro atoms. The Morgan fingerprint density at radius 3 is 2.58 bits per heavy atom. The van der Waals surface area contributed by atoms with Crippen molar-refractivity contribution >= 4 is 17.7 Å². The van der Waals surface area contributed by atoms with Gasteiger partial charge in [0, 0.05) is 12.3 Å². The summed E-state index contributed by atoms with van der Waals surface area (Å²) < 4.78 is 0. The highest BCUT2D eigenvalue weighted by Crippen LogP contribution is 2.36. The highest BCUT2D eigenvalue weighted by atomic mass is 32.2. The van der Waals surface area contributed by atoms with Crippen LogP contribution in [0.25, 0.3) is 0 Å². The second kappa shape index (κ2) is 9.54. The molecule has 1 N–H and O–H groups in total. The molecule has 0 fully saturated rings. The van der Waals surface area contributed by atoms with Crippen LogP contribution in [0.4, 0.5) is 0 Å². The molecule has 1 amide bonds. The number of carbonyl (C=O) groups excluding carboxylic acids is 1. The lowest BCUT2D eigenvalue weighted by atomic mass is 9.86. The predicted molar refractivity (Wildman–Crippen MR) is 101 cm³/mol. The van der Waals surface area contributed by atoms with Crippen molar-refractivity contribution in [1.82, 2.24) is 5.32 Å². The number of aryl methyl sites for hydroxylation is 1. The molecule has 1 aliphatic heterocycles. The van der Waals surface area contributed by atoms with E-state index in [0.717, 1.165) is 29.2 Å². The number of unbranched alkanes of at least 4 members (excludes halogenated alkanes) is 3. The zero-order valence-corrected chi connectivity index (χ0v) is 15.4. The molecule has 1 heterocycles. The summed E-state index contributed by atoms with van der Waals surface area (Å²) in [5, 5.41) is 13.3. The van der Waals surface area contributed by atoms with Crippen LogP contribution < -0.4 is 5.32 Å². The molecule has 2 rings (SSSR count). The zero-order valence-electron chi connectivity index (χ0n) is 14.6. The SMILES string of the molecule is CCCCCCSC1=C(C#N)[C@H](c2ccc(CC)cc2)CC(=O)N1. The molecule has 1 atom stereocenters. The van der Waals surface area contributed by atoms with E-state index in [-0.39, 0.29) is 11.8 Å². The third-order valence-corrected chi connectivity index (χ3v) is 5.49. The number of nitriles is 1. The minimum absolute atomic E-state index is 0.00891. The van der Waals surface area contributed by atoms with E-state index in [1.165, 1.54) is 24.8 Å². The number of rotatable bonds is 8. The third kappa shape index (κ3) is 4.88. The quantitative estimate of drug-likeness (QED) is 0.684. The second-order valence-electron chi connectivity index (χ2n) is 6.16. The molecule has 1 aromatic rings. The minimum Gasteiger partial charge on any atom is -0.320 e. The van der Waals surface area contributed by atoms with Crippen LogP contribution in [0.2, 0.25) is 0 Å². The summed E-state index contributed by atoms with van der Waals surface area (Å²) in [6.07, 6.45) is 6.12. The van der Waals surface area contributed by atoms with Gasteiger partial charge in [0.2, 0.25) is 5.91 Å². The summed E-state index contributed by atoms with van der Waals surface area (Å²) >= 11 is 1.62. The first kappa shape index (κ1) is 18.6. The van der Waals surface area contributed by atoms with Gasteiger partial charge < -0.3 is 5.32 Å². The monoisotopic (exact) mass is 342 g/mol. The normalized spacial score (nSPS) is 17.5. The van der Waals surface area contributed by atoms with Gasteiger partial charge in [-0.25, -0.2) is 0 Å². The molecule has 0 saturated heterocycles. The van der Waals surface area contributed by atoms with Gasteiger partial charge in [-0.15, -0.1) is 11.8 Å². The Balaban J connectivity index is 2.15. The van der Waals surface area contributed by atoms with Gasteiger partial charge in [0.25, 0.3) is 0 Å². The smallest absolute Gasteiger partial charge is 0.225 e. The van der Waals surface area contributed by atoms with Crippen molar-refractivity contribution < 1.29 is 4.79 Å². The first-order valence-electron chi connectivity index (χ1n) is 8.85. The fraction of sp³-hybridized carbons (Fsp3) is 0.500. The van der Waals surface area contributed by atoms with Gasteiger partial charge in [-0.1, -0.05) is 57.4 Å². The van der Waals surface area contributed by atoms with Gasteiger partial charge in [0.05, 0.1) is 16.7 Å². The van der Waals surface area contributed by atoms with Gasteiger partial charge in [-0.2, -0.15) is 5.26 Å². The number of nitrogens with one attached hydrogen (secondary N) is 1. The summed E-state index contributed by atoms with van der Waals surface area (Å²) in [7, 11) is 0. The molecule has 128 valence electrons. The Kier molecular flexibility index (Phi) is 7.39. The summed E-state index contributed by atoms with van der Waals surface area (Å²) in [4.78, 5) is 12.1. The van der Waals surface area contributed by atoms with E-state index in [1.807, 2.05) is 0 Å². The Morgan fingerprint density at radius 2 is 1.96 bits per heavy atom. The van der Waals surface area contributed by atoms with E-state index in [0.29, 0.717) is 12.0 Å². The van der Waals surface area contributed by atoms with Crippen molar-refractivity contribution in [2.45, 2.75) is 58.3 Å². The van der Waals surface area contributed by atoms with Gasteiger partial charge in [-0.3, -0.25) is 4.79 Å². The number of amides is 1. The number of carbonyl (C=O) groups is 1. The molecule has 0 unspecified atom stereocenters. The molecular weight excluding hydrogens is 316 g/mol. The van der Waals surface area contributed by atoms with Crippen molar-refractivity contribution in [3.8, 4) is 6.07 Å². The Labute approximate surface area is 149 Å². The van der Waals surface area contributed by atoms with Crippen molar-refractivity contribution in [2.24, 2.45) is 0 Å². The predicted octanol–water partition coefficient (Wildman–Crippen LogP) is 4.90. The van der Waals surface area contributed by atoms with Gasteiger partial charge in [0.15, 0.2) is 0 Å². The van der Waals surface area contributed by atoms with Crippen LogP contribution in [0.5, 0.6) is 0 Å². The van der Waals surface area contributed by atoms with Gasteiger partial charge >= 0.3 is 0 Å². The van der Waals surface area contributed by atoms with Crippen LogP contribution in [0.3, 0.4) is 0 Å². The van der Waals surface area contributed by atoms with Crippen LogP contribution in [0, 0.1) is 11.3 Å². The third-order valence-electron chi connectivity index (χ3n) is 4.39. The summed E-state index contributed by atoms with van der Waals surface area (Å²) in [5.41, 5.74) is 3.04. The first-order chi connectivity index (χ1) is 11.7. The van der Waals surface area contributed by atoms with E-state index >= 15 is 0 Å². The van der Waals surface area contributed by atoms with Crippen LogP contribution in [-0.4, -0.2) is 11.7 Å². The average Bonchev–Trinajstić information content (AvgIpc) is 2.61. The van der Waals surface area contributed by atoms with E-state index in [9.17, 15) is 10.1 Å². The molecule has 0 saturated carbocycles. The van der Waals surface area contributed by atoms with E-state index in [1.54, 1.807) is 11.8 Å².